The van der Waals surface area contributed by atoms with Gasteiger partial charge in [0.25, 0.3) is 5.91 Å². The number of pyridine rings is 1. The van der Waals surface area contributed by atoms with Gasteiger partial charge in [0.2, 0.25) is 0 Å². The Kier molecular flexibility index (Phi) is 2.94. The largest absolute Gasteiger partial charge is 0.332 e. The number of nitrogens with zero attached hydrogens (tertiary/aromatic N) is 4. The Bertz CT molecular complexity index is 749. The van der Waals surface area contributed by atoms with Crippen LogP contribution in [0.2, 0.25) is 0 Å². The molecule has 1 fully saturated rings. The van der Waals surface area contributed by atoms with Crippen molar-refractivity contribution in [1.82, 2.24) is 14.5 Å². The second-order valence-corrected chi connectivity index (χ2v) is 5.41. The smallest absolute Gasteiger partial charge is 0.323 e. The van der Waals surface area contributed by atoms with Crippen LogP contribution in [0.1, 0.15) is 24.2 Å². The van der Waals surface area contributed by atoms with Crippen molar-refractivity contribution in [3.05, 3.63) is 29.5 Å². The summed E-state index contributed by atoms with van der Waals surface area (Å²) >= 11 is 0. The number of aryl methyl sites for hydroxylation is 1. The number of urea groups is 1. The molecule has 3 heterocycles. The normalized spacial score (nSPS) is 17.1. The van der Waals surface area contributed by atoms with Crippen molar-refractivity contribution >= 4 is 23.3 Å². The van der Waals surface area contributed by atoms with E-state index in [4.69, 9.17) is 5.73 Å². The van der Waals surface area contributed by atoms with E-state index >= 15 is 0 Å². The number of likely N-dealkylation sites (N-methyl/N-ethyl adjacent to an activating group) is 1. The van der Waals surface area contributed by atoms with Crippen LogP contribution in [0.4, 0.5) is 10.6 Å². The fraction of sp³-hybridized carbons (Fsp3) is 0.357. The third-order valence-electron chi connectivity index (χ3n) is 3.63. The van der Waals surface area contributed by atoms with Crippen LogP contribution < -0.4 is 10.6 Å². The summed E-state index contributed by atoms with van der Waals surface area (Å²) in [6, 6.07) is 5.16. The van der Waals surface area contributed by atoms with Gasteiger partial charge in [0.1, 0.15) is 12.4 Å². The number of hydrogen-bond donors (Lipinski definition) is 1. The fourth-order valence-electron chi connectivity index (χ4n) is 2.43. The van der Waals surface area contributed by atoms with Crippen LogP contribution in [0.3, 0.4) is 0 Å². The number of fused-ring (bicyclic) bond motifs is 1. The molecule has 2 N–H and O–H groups in total. The number of amides is 3. The molecule has 3 rings (SSSR count). The third-order valence-corrected chi connectivity index (χ3v) is 3.63. The van der Waals surface area contributed by atoms with Gasteiger partial charge in [0, 0.05) is 13.1 Å². The first kappa shape index (κ1) is 13.6. The summed E-state index contributed by atoms with van der Waals surface area (Å²) in [7, 11) is 1.48. The number of carbonyl (C=O) groups is 2. The van der Waals surface area contributed by atoms with Gasteiger partial charge < -0.3 is 5.73 Å². The first-order valence-corrected chi connectivity index (χ1v) is 6.72. The quantitative estimate of drug-likeness (QED) is 0.837. The number of aromatic nitrogens is 2. The molecule has 1 atom stereocenters. The zero-order chi connectivity index (χ0) is 15.3. The van der Waals surface area contributed by atoms with E-state index in [2.05, 4.69) is 5.10 Å². The summed E-state index contributed by atoms with van der Waals surface area (Å²) < 4.78 is 1.66. The topological polar surface area (TPSA) is 83.9 Å². The Hall–Kier alpha value is -2.41. The molecule has 0 radical (unpaired) electrons. The van der Waals surface area contributed by atoms with Gasteiger partial charge in [-0.05, 0) is 37.6 Å². The standard InChI is InChI=1S/C14H17N5O2/c1-8-4-10-6-11(9(2)15)16-19(10)12(5-8)18-7-13(20)17(3)14(18)21/h4-6,9H,7,15H2,1-3H3/t9-/m1/s1. The zero-order valence-corrected chi connectivity index (χ0v) is 12.2. The Balaban J connectivity index is 2.18. The maximum Gasteiger partial charge on any atom is 0.332 e. The number of nitrogens with two attached hydrogens (primary N) is 1. The number of carbonyl (C=O) groups excluding carboxylic acids is 2. The lowest BCUT2D eigenvalue weighted by molar-refractivity contribution is -0.123. The second-order valence-electron chi connectivity index (χ2n) is 5.41. The van der Waals surface area contributed by atoms with E-state index in [0.29, 0.717) is 5.82 Å². The summed E-state index contributed by atoms with van der Waals surface area (Å²) in [5, 5.41) is 4.45. The average molecular weight is 287 g/mol. The van der Waals surface area contributed by atoms with Crippen LogP contribution >= 0.6 is 0 Å². The number of rotatable bonds is 2. The SMILES string of the molecule is Cc1cc(N2CC(=O)N(C)C2=O)n2nc([C@@H](C)N)cc2c1. The second kappa shape index (κ2) is 4.56. The van der Waals surface area contributed by atoms with E-state index < -0.39 is 0 Å². The molecule has 0 unspecified atom stereocenters. The molecule has 7 nitrogen and oxygen atoms in total. The van der Waals surface area contributed by atoms with Gasteiger partial charge in [-0.2, -0.15) is 5.10 Å². The predicted molar refractivity (Wildman–Crippen MR) is 78.0 cm³/mol. The van der Waals surface area contributed by atoms with E-state index in [1.54, 1.807) is 4.52 Å². The maximum absolute atomic E-state index is 12.2. The summed E-state index contributed by atoms with van der Waals surface area (Å²) in [6.07, 6.45) is 0. The molecule has 1 aliphatic heterocycles. The van der Waals surface area contributed by atoms with Crippen LogP contribution in [0.25, 0.3) is 5.52 Å². The summed E-state index contributed by atoms with van der Waals surface area (Å²) in [4.78, 5) is 26.4. The lowest BCUT2D eigenvalue weighted by Gasteiger charge is -2.16. The minimum Gasteiger partial charge on any atom is -0.323 e. The first-order valence-electron chi connectivity index (χ1n) is 6.72. The molecule has 7 heteroatoms. The molecule has 1 aliphatic rings. The van der Waals surface area contributed by atoms with Crippen molar-refractivity contribution in [2.24, 2.45) is 5.73 Å². The van der Waals surface area contributed by atoms with Crippen LogP contribution in [0.15, 0.2) is 18.2 Å². The third kappa shape index (κ3) is 2.06. The van der Waals surface area contributed by atoms with Gasteiger partial charge in [-0.3, -0.25) is 14.6 Å². The van der Waals surface area contributed by atoms with E-state index in [0.717, 1.165) is 21.7 Å². The molecule has 21 heavy (non-hydrogen) atoms. The van der Waals surface area contributed by atoms with Crippen LogP contribution in [-0.2, 0) is 4.79 Å². The van der Waals surface area contributed by atoms with Crippen molar-refractivity contribution in [3.8, 4) is 0 Å². The van der Waals surface area contributed by atoms with Gasteiger partial charge in [0.15, 0.2) is 0 Å². The number of anilines is 1. The van der Waals surface area contributed by atoms with E-state index in [9.17, 15) is 9.59 Å². The van der Waals surface area contributed by atoms with Gasteiger partial charge in [-0.1, -0.05) is 0 Å². The van der Waals surface area contributed by atoms with Gasteiger partial charge in [-0.25, -0.2) is 9.31 Å². The Morgan fingerprint density at radius 2 is 2.00 bits per heavy atom. The highest BCUT2D eigenvalue weighted by Gasteiger charge is 2.35. The molecular formula is C14H17N5O2. The highest BCUT2D eigenvalue weighted by molar-refractivity contribution is 6.11. The minimum absolute atomic E-state index is 0.0290. The van der Waals surface area contributed by atoms with Crippen LogP contribution in [-0.4, -0.2) is 40.0 Å². The van der Waals surface area contributed by atoms with Crippen molar-refractivity contribution in [2.45, 2.75) is 19.9 Å². The van der Waals surface area contributed by atoms with Gasteiger partial charge >= 0.3 is 6.03 Å². The van der Waals surface area contributed by atoms with Crippen molar-refractivity contribution in [3.63, 3.8) is 0 Å². The Morgan fingerprint density at radius 1 is 1.29 bits per heavy atom. The summed E-state index contributed by atoms with van der Waals surface area (Å²) in [5.74, 6) is 0.355. The van der Waals surface area contributed by atoms with Gasteiger partial charge in [0.05, 0.1) is 11.2 Å². The van der Waals surface area contributed by atoms with Crippen LogP contribution in [0, 0.1) is 6.92 Å². The molecule has 0 aromatic carbocycles. The van der Waals surface area contributed by atoms with E-state index in [1.165, 1.54) is 11.9 Å². The molecule has 0 spiro atoms. The fourth-order valence-corrected chi connectivity index (χ4v) is 2.43. The molecule has 2 aromatic heterocycles. The first-order chi connectivity index (χ1) is 9.88. The van der Waals surface area contributed by atoms with Crippen molar-refractivity contribution < 1.29 is 9.59 Å². The lowest BCUT2D eigenvalue weighted by Crippen LogP contribution is -2.31. The highest BCUT2D eigenvalue weighted by atomic mass is 16.2. The maximum atomic E-state index is 12.2. The van der Waals surface area contributed by atoms with Crippen molar-refractivity contribution in [1.29, 1.82) is 0 Å². The molecular weight excluding hydrogens is 270 g/mol. The van der Waals surface area contributed by atoms with E-state index in [-0.39, 0.29) is 24.5 Å². The molecule has 3 amide bonds. The number of imide groups is 1. The Labute approximate surface area is 121 Å². The molecule has 0 aliphatic carbocycles. The summed E-state index contributed by atoms with van der Waals surface area (Å²) in [5.41, 5.74) is 8.46. The summed E-state index contributed by atoms with van der Waals surface area (Å²) in [6.45, 7) is 3.82. The molecule has 2 aromatic rings. The van der Waals surface area contributed by atoms with Crippen molar-refractivity contribution in [2.75, 3.05) is 18.5 Å². The van der Waals surface area contributed by atoms with E-state index in [1.807, 2.05) is 32.0 Å². The molecule has 110 valence electrons. The average Bonchev–Trinajstić information content (AvgIpc) is 2.95. The Morgan fingerprint density at radius 3 is 2.57 bits per heavy atom. The predicted octanol–water partition coefficient (Wildman–Crippen LogP) is 1.06. The lowest BCUT2D eigenvalue weighted by atomic mass is 10.2. The molecule has 1 saturated heterocycles. The van der Waals surface area contributed by atoms with Gasteiger partial charge in [-0.15, -0.1) is 0 Å². The van der Waals surface area contributed by atoms with Crippen LogP contribution in [0.5, 0.6) is 0 Å². The highest BCUT2D eigenvalue weighted by Crippen LogP contribution is 2.25. The minimum atomic E-state index is -0.343. The molecule has 0 bridgehead atoms. The number of hydrogen-bond acceptors (Lipinski definition) is 4. The monoisotopic (exact) mass is 287 g/mol. The zero-order valence-electron chi connectivity index (χ0n) is 12.2. The molecule has 0 saturated carbocycles.